The van der Waals surface area contributed by atoms with Crippen LogP contribution in [-0.2, 0) is 13.1 Å². The zero-order chi connectivity index (χ0) is 14.7. The lowest BCUT2D eigenvalue weighted by atomic mass is 10.0. The molecule has 0 bridgehead atoms. The molecule has 2 heteroatoms. The maximum atomic E-state index is 5.83. The lowest BCUT2D eigenvalue weighted by molar-refractivity contribution is 0.318. The normalized spacial score (nSPS) is 11.1. The Labute approximate surface area is 122 Å². The predicted molar refractivity (Wildman–Crippen MR) is 86.7 cm³/mol. The molecule has 0 aromatic heterocycles. The number of nitrogens with two attached hydrogens (primary N) is 1. The summed E-state index contributed by atoms with van der Waals surface area (Å²) >= 11 is 0. The van der Waals surface area contributed by atoms with Gasteiger partial charge in [-0.05, 0) is 67.8 Å². The van der Waals surface area contributed by atoms with Crippen molar-refractivity contribution < 1.29 is 0 Å². The van der Waals surface area contributed by atoms with E-state index < -0.39 is 0 Å². The highest BCUT2D eigenvalue weighted by Gasteiger charge is 2.06. The van der Waals surface area contributed by atoms with E-state index in [1.54, 1.807) is 0 Å². The van der Waals surface area contributed by atoms with Gasteiger partial charge >= 0.3 is 0 Å². The van der Waals surface area contributed by atoms with E-state index in [0.717, 1.165) is 18.8 Å². The largest absolute Gasteiger partial charge is 0.399 e. The first-order valence-electron chi connectivity index (χ1n) is 7.05. The molecule has 0 atom stereocenters. The molecule has 2 N–H and O–H groups in total. The van der Waals surface area contributed by atoms with Gasteiger partial charge in [-0.3, -0.25) is 4.90 Å². The average Bonchev–Trinajstić information content (AvgIpc) is 2.36. The lowest BCUT2D eigenvalue weighted by Crippen LogP contribution is -2.18. The standard InChI is InChI=1S/C18H24N2/c1-13-8-15(3)17(9-14(13)2)12-20(4)11-16-6-5-7-18(19)10-16/h5-10H,11-12,19H2,1-4H3. The molecule has 0 saturated carbocycles. The molecule has 20 heavy (non-hydrogen) atoms. The van der Waals surface area contributed by atoms with Gasteiger partial charge in [0.25, 0.3) is 0 Å². The van der Waals surface area contributed by atoms with Crippen LogP contribution in [0.2, 0.25) is 0 Å². The van der Waals surface area contributed by atoms with Crippen LogP contribution < -0.4 is 5.73 Å². The first kappa shape index (κ1) is 14.6. The summed E-state index contributed by atoms with van der Waals surface area (Å²) in [5, 5.41) is 0. The van der Waals surface area contributed by atoms with E-state index in [0.29, 0.717) is 0 Å². The molecule has 2 aromatic carbocycles. The first-order valence-corrected chi connectivity index (χ1v) is 7.05. The van der Waals surface area contributed by atoms with E-state index in [2.05, 4.69) is 50.9 Å². The predicted octanol–water partition coefficient (Wildman–Crippen LogP) is 3.83. The highest BCUT2D eigenvalue weighted by molar-refractivity contribution is 5.40. The maximum Gasteiger partial charge on any atom is 0.0317 e. The Morgan fingerprint density at radius 2 is 1.60 bits per heavy atom. The van der Waals surface area contributed by atoms with Crippen molar-refractivity contribution >= 4 is 5.69 Å². The van der Waals surface area contributed by atoms with Gasteiger partial charge in [-0.15, -0.1) is 0 Å². The molecule has 0 aliphatic heterocycles. The Balaban J connectivity index is 2.08. The van der Waals surface area contributed by atoms with Crippen LogP contribution in [0.15, 0.2) is 36.4 Å². The number of hydrogen-bond acceptors (Lipinski definition) is 2. The average molecular weight is 268 g/mol. The second-order valence-electron chi connectivity index (χ2n) is 5.78. The van der Waals surface area contributed by atoms with Crippen LogP contribution in [0.3, 0.4) is 0 Å². The third kappa shape index (κ3) is 3.61. The number of nitrogens with zero attached hydrogens (tertiary/aromatic N) is 1. The zero-order valence-corrected chi connectivity index (χ0v) is 12.9. The van der Waals surface area contributed by atoms with Crippen LogP contribution in [0.4, 0.5) is 5.69 Å². The SMILES string of the molecule is Cc1cc(C)c(CN(C)Cc2cccc(N)c2)cc1C. The minimum absolute atomic E-state index is 0.832. The molecule has 2 nitrogen and oxygen atoms in total. The Bertz CT molecular complexity index is 602. The molecule has 0 spiro atoms. The van der Waals surface area contributed by atoms with E-state index in [-0.39, 0.29) is 0 Å². The van der Waals surface area contributed by atoms with Crippen LogP contribution in [-0.4, -0.2) is 11.9 Å². The number of hydrogen-bond donors (Lipinski definition) is 1. The van der Waals surface area contributed by atoms with Crippen molar-refractivity contribution in [1.29, 1.82) is 0 Å². The number of rotatable bonds is 4. The topological polar surface area (TPSA) is 29.3 Å². The monoisotopic (exact) mass is 268 g/mol. The van der Waals surface area contributed by atoms with Gasteiger partial charge in [-0.1, -0.05) is 24.3 Å². The minimum atomic E-state index is 0.832. The van der Waals surface area contributed by atoms with Gasteiger partial charge in [0, 0.05) is 18.8 Å². The van der Waals surface area contributed by atoms with Crippen LogP contribution in [0.25, 0.3) is 0 Å². The molecule has 0 aliphatic rings. The van der Waals surface area contributed by atoms with E-state index in [1.165, 1.54) is 27.8 Å². The number of anilines is 1. The summed E-state index contributed by atoms with van der Waals surface area (Å²) in [4.78, 5) is 2.33. The molecule has 0 unspecified atom stereocenters. The van der Waals surface area contributed by atoms with Crippen molar-refractivity contribution in [3.05, 3.63) is 64.2 Å². The molecule has 106 valence electrons. The van der Waals surface area contributed by atoms with Crippen LogP contribution in [0, 0.1) is 20.8 Å². The van der Waals surface area contributed by atoms with Gasteiger partial charge < -0.3 is 5.73 Å². The second kappa shape index (κ2) is 6.10. The number of benzene rings is 2. The Kier molecular flexibility index (Phi) is 4.46. The van der Waals surface area contributed by atoms with Gasteiger partial charge in [-0.25, -0.2) is 0 Å². The fraction of sp³-hybridized carbons (Fsp3) is 0.333. The minimum Gasteiger partial charge on any atom is -0.399 e. The summed E-state index contributed by atoms with van der Waals surface area (Å²) in [5.74, 6) is 0. The van der Waals surface area contributed by atoms with Crippen LogP contribution >= 0.6 is 0 Å². The molecular formula is C18H24N2. The van der Waals surface area contributed by atoms with Crippen LogP contribution in [0.1, 0.15) is 27.8 Å². The Hall–Kier alpha value is -1.80. The molecule has 2 aromatic rings. The second-order valence-corrected chi connectivity index (χ2v) is 5.78. The molecule has 0 radical (unpaired) electrons. The summed E-state index contributed by atoms with van der Waals surface area (Å²) in [6.07, 6.45) is 0. The van der Waals surface area contributed by atoms with Gasteiger partial charge in [-0.2, -0.15) is 0 Å². The smallest absolute Gasteiger partial charge is 0.0317 e. The molecule has 0 saturated heterocycles. The molecule has 0 heterocycles. The lowest BCUT2D eigenvalue weighted by Gasteiger charge is -2.19. The molecule has 0 aliphatic carbocycles. The van der Waals surface area contributed by atoms with E-state index in [4.69, 9.17) is 5.73 Å². The Morgan fingerprint density at radius 1 is 0.900 bits per heavy atom. The van der Waals surface area contributed by atoms with Gasteiger partial charge in [0.2, 0.25) is 0 Å². The summed E-state index contributed by atoms with van der Waals surface area (Å²) in [6, 6.07) is 12.7. The first-order chi connectivity index (χ1) is 9.45. The van der Waals surface area contributed by atoms with Crippen molar-refractivity contribution in [3.63, 3.8) is 0 Å². The van der Waals surface area contributed by atoms with Crippen molar-refractivity contribution in [1.82, 2.24) is 4.90 Å². The van der Waals surface area contributed by atoms with Crippen molar-refractivity contribution in [2.75, 3.05) is 12.8 Å². The van der Waals surface area contributed by atoms with E-state index in [9.17, 15) is 0 Å². The number of nitrogen functional groups attached to an aromatic ring is 1. The fourth-order valence-corrected chi connectivity index (χ4v) is 2.54. The third-order valence-electron chi connectivity index (χ3n) is 3.80. The van der Waals surface area contributed by atoms with Gasteiger partial charge in [0.1, 0.15) is 0 Å². The molecule has 0 fully saturated rings. The van der Waals surface area contributed by atoms with E-state index in [1.807, 2.05) is 18.2 Å². The summed E-state index contributed by atoms with van der Waals surface area (Å²) in [5.41, 5.74) is 13.4. The highest BCUT2D eigenvalue weighted by Crippen LogP contribution is 2.18. The quantitative estimate of drug-likeness (QED) is 0.854. The van der Waals surface area contributed by atoms with Gasteiger partial charge in [0.05, 0.1) is 0 Å². The van der Waals surface area contributed by atoms with Gasteiger partial charge in [0.15, 0.2) is 0 Å². The van der Waals surface area contributed by atoms with E-state index >= 15 is 0 Å². The zero-order valence-electron chi connectivity index (χ0n) is 12.9. The summed E-state index contributed by atoms with van der Waals surface area (Å²) < 4.78 is 0. The maximum absolute atomic E-state index is 5.83. The molecule has 0 amide bonds. The molecule has 2 rings (SSSR count). The Morgan fingerprint density at radius 3 is 2.30 bits per heavy atom. The van der Waals surface area contributed by atoms with Crippen molar-refractivity contribution in [2.45, 2.75) is 33.9 Å². The molecular weight excluding hydrogens is 244 g/mol. The third-order valence-corrected chi connectivity index (χ3v) is 3.80. The van der Waals surface area contributed by atoms with Crippen molar-refractivity contribution in [2.24, 2.45) is 0 Å². The summed E-state index contributed by atoms with van der Waals surface area (Å²) in [6.45, 7) is 8.41. The fourth-order valence-electron chi connectivity index (χ4n) is 2.54. The highest BCUT2D eigenvalue weighted by atomic mass is 15.1. The van der Waals surface area contributed by atoms with Crippen molar-refractivity contribution in [3.8, 4) is 0 Å². The summed E-state index contributed by atoms with van der Waals surface area (Å²) in [7, 11) is 2.15. The number of aryl methyl sites for hydroxylation is 3. The van der Waals surface area contributed by atoms with Crippen LogP contribution in [0.5, 0.6) is 0 Å².